The van der Waals surface area contributed by atoms with Crippen LogP contribution in [0.2, 0.25) is 0 Å². The number of hydrogen-bond acceptors (Lipinski definition) is 5. The number of nitrogens with zero attached hydrogens (tertiary/aromatic N) is 3. The van der Waals surface area contributed by atoms with Crippen LogP contribution < -0.4 is 0 Å². The number of aryl methyl sites for hydroxylation is 1. The fraction of sp³-hybridized carbons (Fsp3) is 0.0952. The summed E-state index contributed by atoms with van der Waals surface area (Å²) >= 11 is 3.29. The molecule has 0 aliphatic heterocycles. The summed E-state index contributed by atoms with van der Waals surface area (Å²) < 4.78 is 0. The Morgan fingerprint density at radius 1 is 1.08 bits per heavy atom. The fourth-order valence-electron chi connectivity index (χ4n) is 2.80. The van der Waals surface area contributed by atoms with Crippen LogP contribution in [0.5, 0.6) is 0 Å². The number of hydrogen-bond donors (Lipinski definition) is 0. The van der Waals surface area contributed by atoms with Crippen molar-refractivity contribution in [2.75, 3.05) is 0 Å². The van der Waals surface area contributed by atoms with Crippen LogP contribution in [0.25, 0.3) is 21.3 Å². The summed E-state index contributed by atoms with van der Waals surface area (Å²) in [7, 11) is 0. The molecule has 0 N–H and O–H groups in total. The third-order valence-electron chi connectivity index (χ3n) is 4.20. The molecule has 4 aromatic rings. The quantitative estimate of drug-likeness (QED) is 0.333. The molecule has 5 heteroatoms. The summed E-state index contributed by atoms with van der Waals surface area (Å²) in [6.45, 7) is 2.09. The van der Waals surface area contributed by atoms with Gasteiger partial charge in [-0.15, -0.1) is 23.1 Å². The average molecular weight is 374 g/mol. The van der Waals surface area contributed by atoms with Crippen LogP contribution in [0.4, 0.5) is 0 Å². The van der Waals surface area contributed by atoms with Crippen LogP contribution in [0, 0.1) is 18.3 Å². The smallest absolute Gasteiger partial charge is 0.128 e. The zero-order chi connectivity index (χ0) is 17.9. The molecule has 3 nitrogen and oxygen atoms in total. The Bertz CT molecular complexity index is 1110. The third kappa shape index (κ3) is 3.22. The second-order valence-corrected chi connectivity index (χ2v) is 7.75. The molecule has 0 spiro atoms. The molecule has 0 unspecified atom stereocenters. The lowest BCUT2D eigenvalue weighted by atomic mass is 10.1. The summed E-state index contributed by atoms with van der Waals surface area (Å²) in [5, 5.41) is 13.5. The maximum atomic E-state index is 9.29. The van der Waals surface area contributed by atoms with Crippen molar-refractivity contribution in [2.45, 2.75) is 17.7 Å². The molecule has 0 bridgehead atoms. The van der Waals surface area contributed by atoms with Gasteiger partial charge in [-0.25, -0.2) is 9.97 Å². The van der Waals surface area contributed by atoms with Gasteiger partial charge in [-0.2, -0.15) is 5.26 Å². The molecule has 0 saturated carbocycles. The monoisotopic (exact) mass is 373 g/mol. The van der Waals surface area contributed by atoms with Crippen LogP contribution in [-0.2, 0) is 5.75 Å². The van der Waals surface area contributed by atoms with Gasteiger partial charge in [0.1, 0.15) is 16.2 Å². The molecule has 4 rings (SSSR count). The van der Waals surface area contributed by atoms with E-state index >= 15 is 0 Å². The molecule has 2 aromatic heterocycles. The van der Waals surface area contributed by atoms with E-state index in [1.807, 2.05) is 24.3 Å². The minimum absolute atomic E-state index is 0.707. The van der Waals surface area contributed by atoms with Crippen molar-refractivity contribution in [3.05, 3.63) is 76.9 Å². The Hall–Kier alpha value is -2.68. The molecule has 2 aromatic carbocycles. The van der Waals surface area contributed by atoms with E-state index in [4.69, 9.17) is 0 Å². The van der Waals surface area contributed by atoms with Crippen molar-refractivity contribution in [1.82, 2.24) is 9.97 Å². The van der Waals surface area contributed by atoms with Crippen molar-refractivity contribution in [2.24, 2.45) is 0 Å². The Labute approximate surface area is 160 Å². The van der Waals surface area contributed by atoms with E-state index < -0.39 is 0 Å². The highest BCUT2D eigenvalue weighted by atomic mass is 32.2. The van der Waals surface area contributed by atoms with Crippen molar-refractivity contribution < 1.29 is 0 Å². The van der Waals surface area contributed by atoms with E-state index in [2.05, 4.69) is 52.6 Å². The Morgan fingerprint density at radius 2 is 1.88 bits per heavy atom. The summed E-state index contributed by atoms with van der Waals surface area (Å²) in [5.41, 5.74) is 5.33. The van der Waals surface area contributed by atoms with E-state index in [-0.39, 0.29) is 0 Å². The minimum atomic E-state index is 0.707. The zero-order valence-corrected chi connectivity index (χ0v) is 15.8. The SMILES string of the molecule is Cc1ccc(-c2csc3ncnc(SCc4ccccc4C#N)c23)cc1. The number of fused-ring (bicyclic) bond motifs is 1. The van der Waals surface area contributed by atoms with Crippen molar-refractivity contribution in [3.63, 3.8) is 0 Å². The first kappa shape index (κ1) is 16.8. The van der Waals surface area contributed by atoms with Crippen LogP contribution in [-0.4, -0.2) is 9.97 Å². The number of rotatable bonds is 4. The molecule has 0 saturated heterocycles. The van der Waals surface area contributed by atoms with E-state index in [1.165, 1.54) is 16.7 Å². The molecule has 26 heavy (non-hydrogen) atoms. The topological polar surface area (TPSA) is 49.6 Å². The molecule has 126 valence electrons. The number of nitriles is 1. The van der Waals surface area contributed by atoms with Crippen LogP contribution in [0.1, 0.15) is 16.7 Å². The molecule has 0 amide bonds. The molecular formula is C21H15N3S2. The second kappa shape index (κ2) is 7.28. The third-order valence-corrected chi connectivity index (χ3v) is 6.12. The Kier molecular flexibility index (Phi) is 4.70. The summed E-state index contributed by atoms with van der Waals surface area (Å²) in [5.74, 6) is 0.707. The van der Waals surface area contributed by atoms with E-state index in [1.54, 1.807) is 29.4 Å². The van der Waals surface area contributed by atoms with Gasteiger partial charge in [-0.05, 0) is 24.1 Å². The highest BCUT2D eigenvalue weighted by molar-refractivity contribution is 7.98. The van der Waals surface area contributed by atoms with Crippen molar-refractivity contribution >= 4 is 33.3 Å². The molecule has 0 aliphatic carbocycles. The zero-order valence-electron chi connectivity index (χ0n) is 14.1. The van der Waals surface area contributed by atoms with Crippen LogP contribution in [0.3, 0.4) is 0 Å². The molecule has 0 aliphatic rings. The largest absolute Gasteiger partial charge is 0.229 e. The molecule has 0 atom stereocenters. The molecule has 0 radical (unpaired) electrons. The lowest BCUT2D eigenvalue weighted by Gasteiger charge is -2.07. The lowest BCUT2D eigenvalue weighted by Crippen LogP contribution is -1.90. The molecular weight excluding hydrogens is 358 g/mol. The number of thioether (sulfide) groups is 1. The Balaban J connectivity index is 1.73. The van der Waals surface area contributed by atoms with Gasteiger partial charge in [0.2, 0.25) is 0 Å². The van der Waals surface area contributed by atoms with Crippen LogP contribution >= 0.6 is 23.1 Å². The number of aromatic nitrogens is 2. The highest BCUT2D eigenvalue weighted by Crippen LogP contribution is 2.38. The van der Waals surface area contributed by atoms with Gasteiger partial charge >= 0.3 is 0 Å². The fourth-order valence-corrected chi connectivity index (χ4v) is 4.80. The van der Waals surface area contributed by atoms with Gasteiger partial charge in [-0.1, -0.05) is 48.0 Å². The lowest BCUT2D eigenvalue weighted by molar-refractivity contribution is 1.11. The first-order chi connectivity index (χ1) is 12.8. The van der Waals surface area contributed by atoms with Gasteiger partial charge in [0.15, 0.2) is 0 Å². The van der Waals surface area contributed by atoms with Gasteiger partial charge < -0.3 is 0 Å². The van der Waals surface area contributed by atoms with Gasteiger partial charge in [0.25, 0.3) is 0 Å². The predicted octanol–water partition coefficient (Wildman–Crippen LogP) is 5.83. The van der Waals surface area contributed by atoms with E-state index in [0.29, 0.717) is 5.75 Å². The molecule has 2 heterocycles. The maximum Gasteiger partial charge on any atom is 0.128 e. The van der Waals surface area contributed by atoms with Gasteiger partial charge in [0, 0.05) is 16.7 Å². The summed E-state index contributed by atoms with van der Waals surface area (Å²) in [4.78, 5) is 9.96. The highest BCUT2D eigenvalue weighted by Gasteiger charge is 2.14. The standard InChI is InChI=1S/C21H15N3S2/c1-14-6-8-15(9-7-14)18-12-26-21-19(18)20(23-13-24-21)25-11-17-5-3-2-4-16(17)10-22/h2-9,12-13H,11H2,1H3. The number of thiophene rings is 1. The van der Waals surface area contributed by atoms with Crippen molar-refractivity contribution in [3.8, 4) is 17.2 Å². The van der Waals surface area contributed by atoms with E-state index in [9.17, 15) is 5.26 Å². The van der Waals surface area contributed by atoms with E-state index in [0.717, 1.165) is 26.4 Å². The summed E-state index contributed by atoms with van der Waals surface area (Å²) in [6.07, 6.45) is 1.62. The normalized spacial score (nSPS) is 10.8. The maximum absolute atomic E-state index is 9.29. The predicted molar refractivity (Wildman–Crippen MR) is 108 cm³/mol. The average Bonchev–Trinajstić information content (AvgIpc) is 3.12. The van der Waals surface area contributed by atoms with Gasteiger partial charge in [0.05, 0.1) is 17.0 Å². The summed E-state index contributed by atoms with van der Waals surface area (Å²) in [6, 6.07) is 18.5. The van der Waals surface area contributed by atoms with Crippen LogP contribution in [0.15, 0.2) is 65.3 Å². The van der Waals surface area contributed by atoms with Gasteiger partial charge in [-0.3, -0.25) is 0 Å². The first-order valence-electron chi connectivity index (χ1n) is 8.16. The first-order valence-corrected chi connectivity index (χ1v) is 10.0. The Morgan fingerprint density at radius 3 is 2.69 bits per heavy atom. The van der Waals surface area contributed by atoms with Crippen molar-refractivity contribution in [1.29, 1.82) is 5.26 Å². The molecule has 0 fully saturated rings. The number of benzene rings is 2. The second-order valence-electron chi connectivity index (χ2n) is 5.93. The minimum Gasteiger partial charge on any atom is -0.229 e.